The summed E-state index contributed by atoms with van der Waals surface area (Å²) < 4.78 is 78.0. The molecule has 8 nitrogen and oxygen atoms in total. The fourth-order valence-corrected chi connectivity index (χ4v) is 4.70. The fraction of sp³-hybridized carbons (Fsp3) is 1.00. The summed E-state index contributed by atoms with van der Waals surface area (Å²) in [7, 11) is 5.95. The van der Waals surface area contributed by atoms with E-state index < -0.39 is 14.5 Å². The molecule has 0 aromatic carbocycles. The molecule has 2 aliphatic rings. The van der Waals surface area contributed by atoms with Crippen LogP contribution in [0, 0.1) is 0 Å². The molecule has 0 amide bonds. The molecule has 2 rings (SSSR count). The third kappa shape index (κ3) is 45.7. The van der Waals surface area contributed by atoms with Crippen LogP contribution in [0.25, 0.3) is 0 Å². The van der Waals surface area contributed by atoms with Crippen LogP contribution in [-0.2, 0) is 16.5 Å². The van der Waals surface area contributed by atoms with Gasteiger partial charge in [0, 0.05) is 52.4 Å². The Morgan fingerprint density at radius 1 is 0.255 bits per heavy atom. The summed E-state index contributed by atoms with van der Waals surface area (Å²) in [6.45, 7) is 19.3. The second kappa shape index (κ2) is 29.5. The molecule has 19 heteroatoms. The van der Waals surface area contributed by atoms with E-state index in [4.69, 9.17) is 0 Å². The molecule has 2 fully saturated rings. The molecule has 0 N–H and O–H groups in total. The van der Waals surface area contributed by atoms with Crippen LogP contribution in [0.2, 0.25) is 0 Å². The van der Waals surface area contributed by atoms with E-state index in [-0.39, 0.29) is 16.5 Å². The summed E-state index contributed by atoms with van der Waals surface area (Å²) in [4.78, 5) is 19.7. The summed E-state index contributed by atoms with van der Waals surface area (Å²) >= 11 is 0. The number of rotatable bonds is 0. The minimum atomic E-state index is -6.00. The molecule has 2 aliphatic heterocycles. The van der Waals surface area contributed by atoms with Crippen LogP contribution in [-0.4, -0.2) is 215 Å². The van der Waals surface area contributed by atoms with E-state index >= 15 is 0 Å². The van der Waals surface area contributed by atoms with E-state index in [0.717, 1.165) is 0 Å². The van der Waals surface area contributed by atoms with E-state index in [1.165, 1.54) is 130 Å². The largest absolute Gasteiger partial charge is 2.00 e. The first-order valence-electron chi connectivity index (χ1n) is 16.4. The molecule has 0 aromatic heterocycles. The molecule has 0 aromatic rings. The van der Waals surface area contributed by atoms with Crippen LogP contribution in [0.15, 0.2) is 0 Å². The first-order chi connectivity index (χ1) is 21.2. The standard InChI is InChI=1S/2C14H32N4.2BF4.Ni/c2*1-15-7-5-8-17(3)13-14-18(4)10-6-9-16(2)12-11-15;2*2-1(3,4)5;/h2*5-14H2,1-4H3;;;/q;;2*-1;+2. The van der Waals surface area contributed by atoms with E-state index in [9.17, 15) is 34.5 Å². The summed E-state index contributed by atoms with van der Waals surface area (Å²) in [5.41, 5.74) is 0. The SMILES string of the molecule is CN1CCCN(C)CCN(C)CCCN(C)CC1.CN1CCCN(C)CCN(C)CCCN(C)CC1.F[B-](F)(F)F.F[B-](F)(F)F.[Ni+2]. The van der Waals surface area contributed by atoms with Crippen LogP contribution in [0.4, 0.5) is 34.5 Å². The maximum absolute atomic E-state index is 9.75. The van der Waals surface area contributed by atoms with Gasteiger partial charge < -0.3 is 73.7 Å². The second-order valence-electron chi connectivity index (χ2n) is 12.8. The third-order valence-corrected chi connectivity index (χ3v) is 7.77. The number of likely N-dealkylation sites (N-methyl/N-ethyl adjacent to an activating group) is 8. The molecular weight excluding hydrogens is 681 g/mol. The Balaban J connectivity index is -0.000000630. The predicted octanol–water partition coefficient (Wildman–Crippen LogP) is 3.61. The van der Waals surface area contributed by atoms with E-state index in [1.807, 2.05) is 0 Å². The molecule has 288 valence electrons. The molecule has 0 saturated carbocycles. The van der Waals surface area contributed by atoms with Crippen LogP contribution in [0.5, 0.6) is 0 Å². The van der Waals surface area contributed by atoms with E-state index in [2.05, 4.69) is 95.6 Å². The molecule has 0 aliphatic carbocycles. The quantitative estimate of drug-likeness (QED) is 0.275. The van der Waals surface area contributed by atoms with Gasteiger partial charge in [-0.2, -0.15) is 0 Å². The molecule has 0 atom stereocenters. The predicted molar refractivity (Wildman–Crippen MR) is 179 cm³/mol. The first-order valence-corrected chi connectivity index (χ1v) is 16.4. The van der Waals surface area contributed by atoms with Crippen molar-refractivity contribution in [2.24, 2.45) is 0 Å². The molecule has 47 heavy (non-hydrogen) atoms. The Morgan fingerprint density at radius 3 is 0.426 bits per heavy atom. The summed E-state index contributed by atoms with van der Waals surface area (Å²) in [5.74, 6) is 0. The Labute approximate surface area is 291 Å². The minimum Gasteiger partial charge on any atom is -0.418 e. The number of nitrogens with zero attached hydrogens (tertiary/aromatic N) is 8. The van der Waals surface area contributed by atoms with Gasteiger partial charge in [0.15, 0.2) is 0 Å². The Kier molecular flexibility index (Phi) is 32.1. The second-order valence-corrected chi connectivity index (χ2v) is 12.8. The molecule has 0 spiro atoms. The van der Waals surface area contributed by atoms with Gasteiger partial charge in [-0.1, -0.05) is 0 Å². The van der Waals surface area contributed by atoms with Crippen molar-refractivity contribution >= 4 is 14.5 Å². The van der Waals surface area contributed by atoms with Crippen molar-refractivity contribution < 1.29 is 51.0 Å². The molecule has 2 heterocycles. The van der Waals surface area contributed by atoms with Crippen molar-refractivity contribution in [3.05, 3.63) is 0 Å². The van der Waals surface area contributed by atoms with Crippen molar-refractivity contribution in [2.75, 3.05) is 161 Å². The minimum absolute atomic E-state index is 0. The fourth-order valence-electron chi connectivity index (χ4n) is 4.70. The van der Waals surface area contributed by atoms with Crippen LogP contribution in [0.3, 0.4) is 0 Å². The smallest absolute Gasteiger partial charge is 0.418 e. The van der Waals surface area contributed by atoms with Crippen LogP contribution < -0.4 is 0 Å². The average molecular weight is 745 g/mol. The number of halogens is 8. The first kappa shape index (κ1) is 51.1. The summed E-state index contributed by atoms with van der Waals surface area (Å²) in [6.07, 6.45) is 5.11. The zero-order valence-corrected chi connectivity index (χ0v) is 31.2. The van der Waals surface area contributed by atoms with Gasteiger partial charge in [-0.3, -0.25) is 0 Å². The average Bonchev–Trinajstić information content (AvgIpc) is 2.90. The molecule has 0 bridgehead atoms. The van der Waals surface area contributed by atoms with Gasteiger partial charge in [-0.25, -0.2) is 0 Å². The number of hydrogen-bond acceptors (Lipinski definition) is 8. The Bertz CT molecular complexity index is 556. The van der Waals surface area contributed by atoms with Crippen molar-refractivity contribution in [1.29, 1.82) is 0 Å². The molecule has 2 saturated heterocycles. The van der Waals surface area contributed by atoms with Crippen LogP contribution >= 0.6 is 0 Å². The van der Waals surface area contributed by atoms with Gasteiger partial charge in [0.2, 0.25) is 0 Å². The topological polar surface area (TPSA) is 25.9 Å². The zero-order valence-electron chi connectivity index (χ0n) is 30.2. The number of hydrogen-bond donors (Lipinski definition) is 0. The van der Waals surface area contributed by atoms with E-state index in [0.29, 0.717) is 0 Å². The van der Waals surface area contributed by atoms with Gasteiger partial charge in [0.05, 0.1) is 0 Å². The van der Waals surface area contributed by atoms with Gasteiger partial charge >= 0.3 is 31.0 Å². The molecule has 0 radical (unpaired) electrons. The van der Waals surface area contributed by atoms with Gasteiger partial charge in [0.25, 0.3) is 0 Å². The maximum atomic E-state index is 9.75. The van der Waals surface area contributed by atoms with Gasteiger partial charge in [0.1, 0.15) is 0 Å². The van der Waals surface area contributed by atoms with Crippen LogP contribution in [0.1, 0.15) is 25.7 Å². The Hall–Kier alpha value is -0.257. The van der Waals surface area contributed by atoms with Crippen molar-refractivity contribution in [2.45, 2.75) is 25.7 Å². The maximum Gasteiger partial charge on any atom is 2.00 e. The van der Waals surface area contributed by atoms with Gasteiger partial charge in [-0.05, 0) is 134 Å². The summed E-state index contributed by atoms with van der Waals surface area (Å²) in [6, 6.07) is 0. The van der Waals surface area contributed by atoms with Crippen molar-refractivity contribution in [3.8, 4) is 0 Å². The molecular formula is C28H64B2F8N8Ni. The van der Waals surface area contributed by atoms with Gasteiger partial charge in [-0.15, -0.1) is 0 Å². The monoisotopic (exact) mass is 744 g/mol. The Morgan fingerprint density at radius 2 is 0.340 bits per heavy atom. The normalized spacial score (nSPS) is 22.5. The molecule has 0 unspecified atom stereocenters. The summed E-state index contributed by atoms with van der Waals surface area (Å²) in [5, 5.41) is 0. The van der Waals surface area contributed by atoms with Crippen molar-refractivity contribution in [1.82, 2.24) is 39.2 Å². The van der Waals surface area contributed by atoms with Crippen molar-refractivity contribution in [3.63, 3.8) is 0 Å². The zero-order chi connectivity index (χ0) is 35.8. The third-order valence-electron chi connectivity index (χ3n) is 7.77. The van der Waals surface area contributed by atoms with E-state index in [1.54, 1.807) is 0 Å².